The first-order valence-corrected chi connectivity index (χ1v) is 4.32. The van der Waals surface area contributed by atoms with Gasteiger partial charge in [0.05, 0.1) is 11.9 Å². The first kappa shape index (κ1) is 9.75. The fourth-order valence-electron chi connectivity index (χ4n) is 1.00. The van der Waals surface area contributed by atoms with Crippen molar-refractivity contribution in [3.63, 3.8) is 0 Å². The number of aromatic nitrogens is 3. The molecule has 0 fully saturated rings. The third-order valence-electron chi connectivity index (χ3n) is 1.79. The van der Waals surface area contributed by atoms with E-state index in [0.29, 0.717) is 0 Å². The number of unbranched alkanes of at least 4 members (excludes halogenated alkanes) is 1. The normalized spacial score (nSPS) is 9.85. The van der Waals surface area contributed by atoms with E-state index in [-0.39, 0.29) is 0 Å². The molecule has 0 radical (unpaired) electrons. The molecule has 1 N–H and O–H groups in total. The smallest absolute Gasteiger partial charge is 0.0738 e. The number of hydrogen-bond acceptors (Lipinski definition) is 3. The van der Waals surface area contributed by atoms with Crippen LogP contribution in [0.5, 0.6) is 0 Å². The molecular formula is C9H14N4. The first-order chi connectivity index (χ1) is 6.34. The van der Waals surface area contributed by atoms with Gasteiger partial charge >= 0.3 is 0 Å². The van der Waals surface area contributed by atoms with Crippen molar-refractivity contribution in [2.75, 3.05) is 6.54 Å². The lowest BCUT2D eigenvalue weighted by molar-refractivity contribution is 0.605. The second kappa shape index (κ2) is 5.33. The van der Waals surface area contributed by atoms with E-state index in [1.165, 1.54) is 0 Å². The van der Waals surface area contributed by atoms with Crippen LogP contribution in [0.3, 0.4) is 0 Å². The van der Waals surface area contributed by atoms with E-state index >= 15 is 0 Å². The van der Waals surface area contributed by atoms with Crippen molar-refractivity contribution in [2.45, 2.75) is 19.4 Å². The minimum Gasteiger partial charge on any atom is -0.311 e. The lowest BCUT2D eigenvalue weighted by Gasteiger charge is -2.02. The van der Waals surface area contributed by atoms with E-state index in [2.05, 4.69) is 21.5 Å². The van der Waals surface area contributed by atoms with E-state index in [1.807, 2.05) is 7.05 Å². The summed E-state index contributed by atoms with van der Waals surface area (Å²) in [6.07, 6.45) is 8.73. The van der Waals surface area contributed by atoms with Crippen molar-refractivity contribution >= 4 is 0 Å². The summed E-state index contributed by atoms with van der Waals surface area (Å²) in [5.41, 5.74) is 1.08. The van der Waals surface area contributed by atoms with Gasteiger partial charge in [-0.15, -0.1) is 17.4 Å². The number of aryl methyl sites for hydroxylation is 1. The van der Waals surface area contributed by atoms with E-state index in [0.717, 1.165) is 31.6 Å². The maximum atomic E-state index is 5.13. The fraction of sp³-hybridized carbons (Fsp3) is 0.556. The highest BCUT2D eigenvalue weighted by molar-refractivity contribution is 4.92. The maximum absolute atomic E-state index is 5.13. The van der Waals surface area contributed by atoms with Crippen molar-refractivity contribution in [3.05, 3.63) is 11.9 Å². The van der Waals surface area contributed by atoms with E-state index in [4.69, 9.17) is 6.42 Å². The quantitative estimate of drug-likeness (QED) is 0.521. The third-order valence-corrected chi connectivity index (χ3v) is 1.79. The Bertz CT molecular complexity index is 284. The van der Waals surface area contributed by atoms with Crippen LogP contribution in [-0.4, -0.2) is 21.5 Å². The summed E-state index contributed by atoms with van der Waals surface area (Å²) in [4.78, 5) is 0. The molecule has 4 nitrogen and oxygen atoms in total. The zero-order chi connectivity index (χ0) is 9.52. The van der Waals surface area contributed by atoms with Gasteiger partial charge in [-0.1, -0.05) is 5.21 Å². The van der Waals surface area contributed by atoms with Crippen LogP contribution in [-0.2, 0) is 13.6 Å². The minimum absolute atomic E-state index is 0.800. The van der Waals surface area contributed by atoms with Crippen LogP contribution in [0, 0.1) is 12.3 Å². The zero-order valence-corrected chi connectivity index (χ0v) is 7.82. The largest absolute Gasteiger partial charge is 0.311 e. The van der Waals surface area contributed by atoms with Gasteiger partial charge in [-0.25, -0.2) is 0 Å². The number of hydrogen-bond donors (Lipinski definition) is 1. The molecule has 0 bridgehead atoms. The first-order valence-electron chi connectivity index (χ1n) is 4.32. The Morgan fingerprint density at radius 1 is 1.69 bits per heavy atom. The Hall–Kier alpha value is -1.34. The van der Waals surface area contributed by atoms with Crippen LogP contribution in [0.1, 0.15) is 18.5 Å². The van der Waals surface area contributed by atoms with Crippen molar-refractivity contribution in [1.29, 1.82) is 0 Å². The molecule has 0 atom stereocenters. The van der Waals surface area contributed by atoms with Crippen LogP contribution < -0.4 is 5.32 Å². The van der Waals surface area contributed by atoms with Crippen LogP contribution in [0.25, 0.3) is 0 Å². The van der Waals surface area contributed by atoms with Gasteiger partial charge in [0.15, 0.2) is 0 Å². The monoisotopic (exact) mass is 178 g/mol. The van der Waals surface area contributed by atoms with Gasteiger partial charge in [-0.2, -0.15) is 0 Å². The van der Waals surface area contributed by atoms with Gasteiger partial charge in [0.25, 0.3) is 0 Å². The van der Waals surface area contributed by atoms with Gasteiger partial charge in [-0.05, 0) is 13.0 Å². The molecule has 1 rings (SSSR count). The Kier molecular flexibility index (Phi) is 4.00. The summed E-state index contributed by atoms with van der Waals surface area (Å²) in [6.45, 7) is 1.74. The molecule has 70 valence electrons. The molecule has 1 aromatic heterocycles. The van der Waals surface area contributed by atoms with E-state index in [1.54, 1.807) is 10.9 Å². The molecule has 4 heteroatoms. The minimum atomic E-state index is 0.800. The molecule has 0 amide bonds. The number of rotatable bonds is 5. The Morgan fingerprint density at radius 2 is 2.54 bits per heavy atom. The number of nitrogens with zero attached hydrogens (tertiary/aromatic N) is 3. The lowest BCUT2D eigenvalue weighted by atomic mass is 10.3. The summed E-state index contributed by atoms with van der Waals surface area (Å²) in [6, 6.07) is 0. The van der Waals surface area contributed by atoms with Crippen molar-refractivity contribution in [1.82, 2.24) is 20.3 Å². The SMILES string of the molecule is C#CCCCNCc1cnnn1C. The lowest BCUT2D eigenvalue weighted by Crippen LogP contribution is -2.16. The highest BCUT2D eigenvalue weighted by atomic mass is 15.4. The topological polar surface area (TPSA) is 42.7 Å². The zero-order valence-electron chi connectivity index (χ0n) is 7.82. The van der Waals surface area contributed by atoms with Crippen LogP contribution in [0.4, 0.5) is 0 Å². The summed E-state index contributed by atoms with van der Waals surface area (Å²) in [5, 5.41) is 10.9. The second-order valence-electron chi connectivity index (χ2n) is 2.83. The van der Waals surface area contributed by atoms with Gasteiger partial charge in [0.2, 0.25) is 0 Å². The molecule has 13 heavy (non-hydrogen) atoms. The summed E-state index contributed by atoms with van der Waals surface area (Å²) < 4.78 is 1.76. The molecule has 1 heterocycles. The number of terminal acetylenes is 1. The predicted octanol–water partition coefficient (Wildman–Crippen LogP) is 0.318. The molecule has 0 aliphatic heterocycles. The summed E-state index contributed by atoms with van der Waals surface area (Å²) >= 11 is 0. The molecule has 0 aliphatic carbocycles. The summed E-state index contributed by atoms with van der Waals surface area (Å²) in [7, 11) is 1.88. The van der Waals surface area contributed by atoms with Gasteiger partial charge < -0.3 is 5.32 Å². The van der Waals surface area contributed by atoms with Crippen LogP contribution in [0.15, 0.2) is 6.20 Å². The van der Waals surface area contributed by atoms with Gasteiger partial charge in [0, 0.05) is 20.0 Å². The molecule has 1 aromatic rings. The van der Waals surface area contributed by atoms with Crippen molar-refractivity contribution in [2.24, 2.45) is 7.05 Å². The van der Waals surface area contributed by atoms with Crippen LogP contribution >= 0.6 is 0 Å². The number of nitrogens with one attached hydrogen (secondary N) is 1. The second-order valence-corrected chi connectivity index (χ2v) is 2.83. The summed E-state index contributed by atoms with van der Waals surface area (Å²) in [5.74, 6) is 2.60. The Labute approximate surface area is 78.3 Å². The molecule has 0 unspecified atom stereocenters. The van der Waals surface area contributed by atoms with Crippen molar-refractivity contribution < 1.29 is 0 Å². The highest BCUT2D eigenvalue weighted by Crippen LogP contribution is 1.92. The maximum Gasteiger partial charge on any atom is 0.0738 e. The van der Waals surface area contributed by atoms with Gasteiger partial charge in [0.1, 0.15) is 0 Å². The van der Waals surface area contributed by atoms with E-state index < -0.39 is 0 Å². The predicted molar refractivity (Wildman–Crippen MR) is 50.8 cm³/mol. The highest BCUT2D eigenvalue weighted by Gasteiger charge is 1.97. The molecular weight excluding hydrogens is 164 g/mol. The molecule has 0 spiro atoms. The standard InChI is InChI=1S/C9H14N4/c1-3-4-5-6-10-7-9-8-11-12-13(9)2/h1,8,10H,4-7H2,2H3. The average Bonchev–Trinajstić information content (AvgIpc) is 2.52. The average molecular weight is 178 g/mol. The van der Waals surface area contributed by atoms with Gasteiger partial charge in [-0.3, -0.25) is 4.68 Å². The molecule has 0 aromatic carbocycles. The molecule has 0 saturated carbocycles. The third kappa shape index (κ3) is 3.26. The van der Waals surface area contributed by atoms with Crippen LogP contribution in [0.2, 0.25) is 0 Å². The Balaban J connectivity index is 2.14. The van der Waals surface area contributed by atoms with E-state index in [9.17, 15) is 0 Å². The Morgan fingerprint density at radius 3 is 3.15 bits per heavy atom. The molecule has 0 saturated heterocycles. The van der Waals surface area contributed by atoms with Crippen molar-refractivity contribution in [3.8, 4) is 12.3 Å². The fourth-order valence-corrected chi connectivity index (χ4v) is 1.00. The molecule has 0 aliphatic rings.